The van der Waals surface area contributed by atoms with Gasteiger partial charge in [-0.2, -0.15) is 13.2 Å². The number of alkyl halides is 3. The monoisotopic (exact) mass is 509 g/mol. The van der Waals surface area contributed by atoms with Gasteiger partial charge >= 0.3 is 6.18 Å². The van der Waals surface area contributed by atoms with Gasteiger partial charge in [-0.25, -0.2) is 0 Å². The minimum absolute atomic E-state index is 0.0395. The summed E-state index contributed by atoms with van der Waals surface area (Å²) in [5.41, 5.74) is 0.401. The third-order valence-corrected chi connectivity index (χ3v) is 6.60. The maximum Gasteiger partial charge on any atom is 0.416 e. The highest BCUT2D eigenvalue weighted by Gasteiger charge is 2.57. The Balaban J connectivity index is 1.21. The van der Waals surface area contributed by atoms with Crippen LogP contribution in [0.5, 0.6) is 17.2 Å². The van der Waals surface area contributed by atoms with Crippen molar-refractivity contribution in [2.24, 2.45) is 5.16 Å². The van der Waals surface area contributed by atoms with Crippen LogP contribution in [-0.4, -0.2) is 38.0 Å². The van der Waals surface area contributed by atoms with Gasteiger partial charge in [-0.1, -0.05) is 23.4 Å². The van der Waals surface area contributed by atoms with Crippen molar-refractivity contribution < 1.29 is 37.0 Å². The largest absolute Gasteiger partial charge is 0.491 e. The lowest BCUT2D eigenvalue weighted by atomic mass is 9.77. The number of nitrogens with zero attached hydrogens (tertiary/aromatic N) is 2. The van der Waals surface area contributed by atoms with Crippen molar-refractivity contribution >= 4 is 23.7 Å². The molecule has 1 N–H and O–H groups in total. The molecule has 1 unspecified atom stereocenters. The molecule has 1 amide bonds. The molecule has 37 heavy (non-hydrogen) atoms. The highest BCUT2D eigenvalue weighted by Crippen LogP contribution is 2.54. The molecule has 1 atom stereocenters. The van der Waals surface area contributed by atoms with Crippen LogP contribution in [0.4, 0.5) is 18.9 Å². The van der Waals surface area contributed by atoms with Crippen molar-refractivity contribution in [2.75, 3.05) is 24.8 Å². The molecule has 0 saturated carbocycles. The van der Waals surface area contributed by atoms with Gasteiger partial charge in [0, 0.05) is 22.9 Å². The number of oxime groups is 1. The number of hydrogen-bond donors (Lipinski definition) is 1. The number of anilines is 1. The van der Waals surface area contributed by atoms with Crippen LogP contribution in [0.15, 0.2) is 65.8 Å². The fraction of sp³-hybridized carbons (Fsp3) is 0.192. The lowest BCUT2D eigenvalue weighted by molar-refractivity contribution is -0.137. The summed E-state index contributed by atoms with van der Waals surface area (Å²) in [7, 11) is 0. The minimum atomic E-state index is -4.47. The van der Waals surface area contributed by atoms with E-state index in [9.17, 15) is 18.0 Å². The van der Waals surface area contributed by atoms with Crippen molar-refractivity contribution in [3.8, 4) is 17.2 Å². The molecule has 3 heterocycles. The highest BCUT2D eigenvalue weighted by atomic mass is 19.4. The standard InChI is InChI=1S/C26H18F3N3O5/c27-26(28,29)16-7-5-15(6-8-16)23(30)37-31-9-10-32-19-4-2-1-3-17(19)25(24(32)33)13-34-20-12-22-21(11-18(20)25)35-14-36-22/h1-9,11-12,30H,10,13-14H2/b30-23?,31-9+. The van der Waals surface area contributed by atoms with Crippen molar-refractivity contribution in [2.45, 2.75) is 11.6 Å². The van der Waals surface area contributed by atoms with Gasteiger partial charge in [-0.15, -0.1) is 0 Å². The quantitative estimate of drug-likeness (QED) is 0.318. The fourth-order valence-electron chi connectivity index (χ4n) is 4.81. The Labute approximate surface area is 208 Å². The van der Waals surface area contributed by atoms with Crippen LogP contribution >= 0.6 is 0 Å². The first-order valence-corrected chi connectivity index (χ1v) is 11.2. The number of benzene rings is 3. The second-order valence-corrected chi connectivity index (χ2v) is 8.61. The number of amides is 1. The average molecular weight is 509 g/mol. The van der Waals surface area contributed by atoms with Crippen LogP contribution < -0.4 is 19.1 Å². The third-order valence-electron chi connectivity index (χ3n) is 6.60. The Morgan fingerprint density at radius 1 is 1.03 bits per heavy atom. The molecule has 0 radical (unpaired) electrons. The Morgan fingerprint density at radius 2 is 1.76 bits per heavy atom. The maximum atomic E-state index is 13.8. The minimum Gasteiger partial charge on any atom is -0.491 e. The maximum absolute atomic E-state index is 13.8. The van der Waals surface area contributed by atoms with Crippen LogP contribution in [0.3, 0.4) is 0 Å². The van der Waals surface area contributed by atoms with E-state index in [-0.39, 0.29) is 31.4 Å². The number of para-hydroxylation sites is 1. The number of hydrogen-bond acceptors (Lipinski definition) is 7. The molecule has 3 aromatic carbocycles. The van der Waals surface area contributed by atoms with Crippen LogP contribution in [0.2, 0.25) is 0 Å². The Hall–Kier alpha value is -4.54. The molecule has 11 heteroatoms. The normalized spacial score (nSPS) is 19.3. The molecule has 1 spiro atoms. The van der Waals surface area contributed by atoms with Crippen LogP contribution in [0.1, 0.15) is 22.3 Å². The molecule has 3 aliphatic rings. The topological polar surface area (TPSA) is 93.4 Å². The predicted molar refractivity (Wildman–Crippen MR) is 125 cm³/mol. The fourth-order valence-corrected chi connectivity index (χ4v) is 4.81. The zero-order valence-corrected chi connectivity index (χ0v) is 19.0. The van der Waals surface area contributed by atoms with Crippen molar-refractivity contribution in [1.29, 1.82) is 5.41 Å². The summed E-state index contributed by atoms with van der Waals surface area (Å²) in [6.45, 7) is 0.251. The summed E-state index contributed by atoms with van der Waals surface area (Å²) in [6, 6.07) is 14.9. The second-order valence-electron chi connectivity index (χ2n) is 8.61. The smallest absolute Gasteiger partial charge is 0.416 e. The molecular weight excluding hydrogens is 491 g/mol. The molecule has 0 aliphatic carbocycles. The van der Waals surface area contributed by atoms with E-state index in [1.807, 2.05) is 24.3 Å². The first-order valence-electron chi connectivity index (χ1n) is 11.2. The summed E-state index contributed by atoms with van der Waals surface area (Å²) < 4.78 is 55.1. The van der Waals surface area contributed by atoms with Crippen LogP contribution in [0.25, 0.3) is 0 Å². The van der Waals surface area contributed by atoms with Crippen LogP contribution in [-0.2, 0) is 21.2 Å². The van der Waals surface area contributed by atoms with E-state index in [1.165, 1.54) is 6.21 Å². The van der Waals surface area contributed by atoms with E-state index in [4.69, 9.17) is 24.5 Å². The molecule has 6 rings (SSSR count). The summed E-state index contributed by atoms with van der Waals surface area (Å²) in [5, 5.41) is 11.7. The number of carbonyl (C=O) groups excluding carboxylic acids is 1. The van der Waals surface area contributed by atoms with Gasteiger partial charge in [0.25, 0.3) is 0 Å². The van der Waals surface area contributed by atoms with Crippen LogP contribution in [0, 0.1) is 5.41 Å². The van der Waals surface area contributed by atoms with E-state index in [0.29, 0.717) is 28.5 Å². The zero-order chi connectivity index (χ0) is 25.8. The molecule has 8 nitrogen and oxygen atoms in total. The average Bonchev–Trinajstić information content (AvgIpc) is 3.56. The molecule has 0 bridgehead atoms. The van der Waals surface area contributed by atoms with E-state index in [1.54, 1.807) is 17.0 Å². The molecule has 3 aromatic rings. The number of rotatable bonds is 4. The summed E-state index contributed by atoms with van der Waals surface area (Å²) >= 11 is 0. The first-order chi connectivity index (χ1) is 17.8. The zero-order valence-electron chi connectivity index (χ0n) is 19.0. The Morgan fingerprint density at radius 3 is 2.51 bits per heavy atom. The van der Waals surface area contributed by atoms with Crippen molar-refractivity contribution in [1.82, 2.24) is 0 Å². The number of ether oxygens (including phenoxy) is 3. The van der Waals surface area contributed by atoms with Crippen molar-refractivity contribution in [3.63, 3.8) is 0 Å². The van der Waals surface area contributed by atoms with E-state index in [0.717, 1.165) is 29.8 Å². The van der Waals surface area contributed by atoms with E-state index >= 15 is 0 Å². The van der Waals surface area contributed by atoms with Gasteiger partial charge in [-0.05, 0) is 42.0 Å². The summed E-state index contributed by atoms with van der Waals surface area (Å²) in [4.78, 5) is 20.4. The molecule has 0 fully saturated rings. The summed E-state index contributed by atoms with van der Waals surface area (Å²) in [6.07, 6.45) is -3.15. The van der Waals surface area contributed by atoms with Crippen molar-refractivity contribution in [3.05, 3.63) is 82.9 Å². The molecule has 188 valence electrons. The second kappa shape index (κ2) is 8.26. The number of nitrogens with one attached hydrogen (secondary N) is 1. The Kier molecular flexibility index (Phi) is 5.11. The summed E-state index contributed by atoms with van der Waals surface area (Å²) in [5.74, 6) is 1.02. The highest BCUT2D eigenvalue weighted by molar-refractivity contribution is 6.13. The van der Waals surface area contributed by atoms with Gasteiger partial charge < -0.3 is 23.9 Å². The lowest BCUT2D eigenvalue weighted by Crippen LogP contribution is -2.43. The first kappa shape index (κ1) is 22.9. The SMILES string of the molecule is N=C(O/N=C/CN1C(=O)C2(COc3cc4c(cc32)OCO4)c2ccccc21)c1ccc(C(F)(F)F)cc1. The molecular formula is C26H18F3N3O5. The van der Waals surface area contributed by atoms with Gasteiger partial charge in [0.05, 0.1) is 18.3 Å². The number of fused-ring (bicyclic) bond motifs is 5. The lowest BCUT2D eigenvalue weighted by Gasteiger charge is -2.22. The van der Waals surface area contributed by atoms with Gasteiger partial charge in [0.1, 0.15) is 17.8 Å². The van der Waals surface area contributed by atoms with Gasteiger partial charge in [-0.3, -0.25) is 10.2 Å². The third kappa shape index (κ3) is 3.57. The Bertz CT molecular complexity index is 1450. The number of carbonyl (C=O) groups is 1. The van der Waals surface area contributed by atoms with Gasteiger partial charge in [0.2, 0.25) is 18.6 Å². The molecule has 0 aromatic heterocycles. The van der Waals surface area contributed by atoms with Gasteiger partial charge in [0.15, 0.2) is 11.5 Å². The van der Waals surface area contributed by atoms with E-state index < -0.39 is 23.1 Å². The predicted octanol–water partition coefficient (Wildman–Crippen LogP) is 4.49. The molecule has 0 saturated heterocycles. The number of halogens is 3. The molecule has 3 aliphatic heterocycles. The van der Waals surface area contributed by atoms with E-state index in [2.05, 4.69) is 5.16 Å².